The van der Waals surface area contributed by atoms with Crippen LogP contribution in [0.5, 0.6) is 5.75 Å². The van der Waals surface area contributed by atoms with Gasteiger partial charge in [-0.1, -0.05) is 12.1 Å². The van der Waals surface area contributed by atoms with Gasteiger partial charge in [0.25, 0.3) is 5.91 Å². The molecule has 1 aromatic rings. The van der Waals surface area contributed by atoms with Crippen LogP contribution in [0.2, 0.25) is 0 Å². The number of amides is 1. The van der Waals surface area contributed by atoms with Crippen molar-refractivity contribution >= 4 is 11.6 Å². The number of carbonyl (C=O) groups excluding carboxylic acids is 1. The lowest BCUT2D eigenvalue weighted by Gasteiger charge is -2.35. The minimum absolute atomic E-state index is 0.398. The molecule has 0 saturated carbocycles. The minimum Gasteiger partial charge on any atom is -0.477 e. The van der Waals surface area contributed by atoms with E-state index < -0.39 is 12.0 Å². The summed E-state index contributed by atoms with van der Waals surface area (Å²) in [6, 6.07) is 7.85. The molecule has 3 rings (SSSR count). The molecule has 0 spiro atoms. The first-order valence-corrected chi connectivity index (χ1v) is 7.26. The van der Waals surface area contributed by atoms with Crippen LogP contribution >= 0.6 is 0 Å². The molecule has 5 nitrogen and oxygen atoms in total. The second-order valence-electron chi connectivity index (χ2n) is 5.47. The molecule has 1 saturated heterocycles. The van der Waals surface area contributed by atoms with Crippen LogP contribution in [0, 0.1) is 0 Å². The van der Waals surface area contributed by atoms with Crippen LogP contribution in [0.4, 0.5) is 5.69 Å². The number of hydrogen-bond acceptors (Lipinski definition) is 4. The van der Waals surface area contributed by atoms with Gasteiger partial charge in [0.15, 0.2) is 6.10 Å². The first kappa shape index (κ1) is 13.2. The standard InChI is InChI=1S/C15H21N3O2/c16-15(19)14-11-18(10-9-17-7-3-4-8-17)12-5-1-2-6-13(12)20-14/h1-2,5-6,14H,3-4,7-11H2,(H2,16,19). The molecule has 0 radical (unpaired) electrons. The first-order valence-electron chi connectivity index (χ1n) is 7.26. The molecular weight excluding hydrogens is 254 g/mol. The summed E-state index contributed by atoms with van der Waals surface area (Å²) in [5, 5.41) is 0. The first-order chi connectivity index (χ1) is 9.74. The normalized spacial score (nSPS) is 22.4. The quantitative estimate of drug-likeness (QED) is 0.884. The predicted molar refractivity (Wildman–Crippen MR) is 77.9 cm³/mol. The Hall–Kier alpha value is -1.75. The van der Waals surface area contributed by atoms with Crippen molar-refractivity contribution in [2.45, 2.75) is 18.9 Å². The minimum atomic E-state index is -0.552. The third-order valence-electron chi connectivity index (χ3n) is 4.06. The van der Waals surface area contributed by atoms with Gasteiger partial charge in [0, 0.05) is 13.1 Å². The molecule has 0 bridgehead atoms. The fourth-order valence-electron chi connectivity index (χ4n) is 2.94. The maximum atomic E-state index is 11.4. The van der Waals surface area contributed by atoms with Crippen LogP contribution in [0.15, 0.2) is 24.3 Å². The van der Waals surface area contributed by atoms with Crippen molar-refractivity contribution in [3.05, 3.63) is 24.3 Å². The second-order valence-corrected chi connectivity index (χ2v) is 5.47. The van der Waals surface area contributed by atoms with E-state index in [0.29, 0.717) is 6.54 Å². The molecule has 1 fully saturated rings. The molecule has 2 aliphatic heterocycles. The molecule has 2 heterocycles. The number of benzene rings is 1. The molecular formula is C15H21N3O2. The number of hydrogen-bond donors (Lipinski definition) is 1. The molecule has 1 aromatic carbocycles. The van der Waals surface area contributed by atoms with Crippen molar-refractivity contribution in [3.63, 3.8) is 0 Å². The van der Waals surface area contributed by atoms with E-state index >= 15 is 0 Å². The van der Waals surface area contributed by atoms with Gasteiger partial charge in [-0.25, -0.2) is 0 Å². The zero-order chi connectivity index (χ0) is 13.9. The third-order valence-corrected chi connectivity index (χ3v) is 4.06. The highest BCUT2D eigenvalue weighted by atomic mass is 16.5. The monoisotopic (exact) mass is 275 g/mol. The van der Waals surface area contributed by atoms with Crippen LogP contribution < -0.4 is 15.4 Å². The van der Waals surface area contributed by atoms with Gasteiger partial charge in [0.05, 0.1) is 12.2 Å². The highest BCUT2D eigenvalue weighted by molar-refractivity contribution is 5.81. The van der Waals surface area contributed by atoms with Crippen LogP contribution in [-0.4, -0.2) is 49.6 Å². The Morgan fingerprint density at radius 2 is 2.00 bits per heavy atom. The van der Waals surface area contributed by atoms with E-state index in [2.05, 4.69) is 9.80 Å². The van der Waals surface area contributed by atoms with Crippen LogP contribution in [0.1, 0.15) is 12.8 Å². The topological polar surface area (TPSA) is 58.8 Å². The summed E-state index contributed by atoms with van der Waals surface area (Å²) in [6.45, 7) is 4.85. The Balaban J connectivity index is 1.72. The molecule has 0 aromatic heterocycles. The Kier molecular flexibility index (Phi) is 3.78. The van der Waals surface area contributed by atoms with E-state index in [1.807, 2.05) is 24.3 Å². The lowest BCUT2D eigenvalue weighted by atomic mass is 10.2. The summed E-state index contributed by atoms with van der Waals surface area (Å²) in [5.74, 6) is 0.356. The molecule has 1 amide bonds. The molecule has 2 aliphatic rings. The Labute approximate surface area is 119 Å². The van der Waals surface area contributed by atoms with Crippen LogP contribution in [0.25, 0.3) is 0 Å². The number of fused-ring (bicyclic) bond motifs is 1. The average Bonchev–Trinajstić information content (AvgIpc) is 2.97. The maximum absolute atomic E-state index is 11.4. The number of primary amides is 1. The van der Waals surface area contributed by atoms with Crippen LogP contribution in [0.3, 0.4) is 0 Å². The zero-order valence-corrected chi connectivity index (χ0v) is 11.6. The van der Waals surface area contributed by atoms with Gasteiger partial charge in [-0.3, -0.25) is 4.79 Å². The molecule has 2 N–H and O–H groups in total. The maximum Gasteiger partial charge on any atom is 0.260 e. The van der Waals surface area contributed by atoms with Gasteiger partial charge in [0.2, 0.25) is 0 Å². The van der Waals surface area contributed by atoms with Gasteiger partial charge in [-0.2, -0.15) is 0 Å². The number of likely N-dealkylation sites (tertiary alicyclic amines) is 1. The molecule has 0 aliphatic carbocycles. The number of rotatable bonds is 4. The largest absolute Gasteiger partial charge is 0.477 e. The van der Waals surface area contributed by atoms with Gasteiger partial charge >= 0.3 is 0 Å². The number of ether oxygens (including phenoxy) is 1. The number of carbonyl (C=O) groups is 1. The number of anilines is 1. The summed E-state index contributed by atoms with van der Waals surface area (Å²) in [5.41, 5.74) is 6.46. The Bertz CT molecular complexity index is 486. The number of nitrogens with zero attached hydrogens (tertiary/aromatic N) is 2. The molecule has 108 valence electrons. The van der Waals surface area contributed by atoms with Crippen molar-refractivity contribution in [1.82, 2.24) is 4.90 Å². The molecule has 1 atom stereocenters. The molecule has 5 heteroatoms. The summed E-state index contributed by atoms with van der Waals surface area (Å²) >= 11 is 0. The second kappa shape index (κ2) is 5.71. The van der Waals surface area contributed by atoms with Gasteiger partial charge in [0.1, 0.15) is 5.75 Å². The van der Waals surface area contributed by atoms with Crippen molar-refractivity contribution in [1.29, 1.82) is 0 Å². The fraction of sp³-hybridized carbons (Fsp3) is 0.533. The summed E-state index contributed by atoms with van der Waals surface area (Å²) < 4.78 is 5.67. The van der Waals surface area contributed by atoms with Crippen molar-refractivity contribution in [3.8, 4) is 5.75 Å². The van der Waals surface area contributed by atoms with Crippen molar-refractivity contribution < 1.29 is 9.53 Å². The van der Waals surface area contributed by atoms with Gasteiger partial charge < -0.3 is 20.3 Å². The highest BCUT2D eigenvalue weighted by Gasteiger charge is 2.29. The number of nitrogens with two attached hydrogens (primary N) is 1. The highest BCUT2D eigenvalue weighted by Crippen LogP contribution is 2.32. The van der Waals surface area contributed by atoms with Gasteiger partial charge in [-0.15, -0.1) is 0 Å². The van der Waals surface area contributed by atoms with E-state index in [1.54, 1.807) is 0 Å². The van der Waals surface area contributed by atoms with Crippen LogP contribution in [-0.2, 0) is 4.79 Å². The predicted octanol–water partition coefficient (Wildman–Crippen LogP) is 0.835. The van der Waals surface area contributed by atoms with E-state index in [1.165, 1.54) is 25.9 Å². The molecule has 20 heavy (non-hydrogen) atoms. The van der Waals surface area contributed by atoms with Crippen molar-refractivity contribution in [2.24, 2.45) is 5.73 Å². The van der Waals surface area contributed by atoms with Gasteiger partial charge in [-0.05, 0) is 38.1 Å². The lowest BCUT2D eigenvalue weighted by molar-refractivity contribution is -0.124. The SMILES string of the molecule is NC(=O)C1CN(CCN2CCCC2)c2ccccc2O1. The van der Waals surface area contributed by atoms with E-state index in [4.69, 9.17) is 10.5 Å². The Morgan fingerprint density at radius 3 is 2.75 bits per heavy atom. The molecule has 1 unspecified atom stereocenters. The summed E-state index contributed by atoms with van der Waals surface area (Å²) in [4.78, 5) is 16.1. The van der Waals surface area contributed by atoms with E-state index in [9.17, 15) is 4.79 Å². The third kappa shape index (κ3) is 2.72. The van der Waals surface area contributed by atoms with Crippen molar-refractivity contribution in [2.75, 3.05) is 37.6 Å². The van der Waals surface area contributed by atoms with E-state index in [0.717, 1.165) is 24.5 Å². The average molecular weight is 275 g/mol. The summed E-state index contributed by atoms with van der Waals surface area (Å²) in [7, 11) is 0. The fourth-order valence-corrected chi connectivity index (χ4v) is 2.94. The summed E-state index contributed by atoms with van der Waals surface area (Å²) in [6.07, 6.45) is 2.04. The van der Waals surface area contributed by atoms with E-state index in [-0.39, 0.29) is 0 Å². The smallest absolute Gasteiger partial charge is 0.260 e. The Morgan fingerprint density at radius 1 is 1.25 bits per heavy atom. The number of para-hydroxylation sites is 2. The lowest BCUT2D eigenvalue weighted by Crippen LogP contribution is -2.48. The zero-order valence-electron chi connectivity index (χ0n) is 11.6.